The number of aromatic nitrogens is 1. The maximum Gasteiger partial charge on any atom is 0.219 e. The molecule has 0 fully saturated rings. The summed E-state index contributed by atoms with van der Waals surface area (Å²) < 4.78 is 5.75. The van der Waals surface area contributed by atoms with Crippen LogP contribution in [-0.4, -0.2) is 4.98 Å². The summed E-state index contributed by atoms with van der Waals surface area (Å²) in [6.07, 6.45) is 1.09. The molecule has 21 heavy (non-hydrogen) atoms. The molecule has 2 N–H and O–H groups in total. The van der Waals surface area contributed by atoms with Gasteiger partial charge in [0.05, 0.1) is 10.7 Å². The van der Waals surface area contributed by atoms with Crippen molar-refractivity contribution in [2.75, 3.05) is 0 Å². The van der Waals surface area contributed by atoms with Crippen LogP contribution >= 0.6 is 11.6 Å². The van der Waals surface area contributed by atoms with Gasteiger partial charge < -0.3 is 10.5 Å². The van der Waals surface area contributed by atoms with E-state index in [4.69, 9.17) is 22.1 Å². The number of rotatable bonds is 5. The Morgan fingerprint density at radius 1 is 1.14 bits per heavy atom. The van der Waals surface area contributed by atoms with Crippen molar-refractivity contribution in [2.45, 2.75) is 39.2 Å². The monoisotopic (exact) mass is 304 g/mol. The molecule has 0 aliphatic heterocycles. The van der Waals surface area contributed by atoms with Gasteiger partial charge in [-0.3, -0.25) is 0 Å². The van der Waals surface area contributed by atoms with Gasteiger partial charge in [-0.15, -0.1) is 0 Å². The Labute approximate surface area is 131 Å². The molecule has 2 aromatic rings. The highest BCUT2D eigenvalue weighted by atomic mass is 35.5. The topological polar surface area (TPSA) is 48.1 Å². The zero-order valence-corrected chi connectivity index (χ0v) is 13.4. The van der Waals surface area contributed by atoms with E-state index in [2.05, 4.69) is 37.9 Å². The van der Waals surface area contributed by atoms with Gasteiger partial charge in [-0.2, -0.15) is 0 Å². The molecule has 0 unspecified atom stereocenters. The van der Waals surface area contributed by atoms with Crippen molar-refractivity contribution in [3.05, 3.63) is 52.7 Å². The van der Waals surface area contributed by atoms with Crippen LogP contribution in [0.5, 0.6) is 11.6 Å². The maximum atomic E-state index is 5.99. The predicted molar refractivity (Wildman–Crippen MR) is 87.0 cm³/mol. The van der Waals surface area contributed by atoms with Crippen LogP contribution in [0.1, 0.15) is 38.4 Å². The maximum absolute atomic E-state index is 5.99. The lowest BCUT2D eigenvalue weighted by Crippen LogP contribution is -2.14. The normalized spacial score (nSPS) is 11.5. The summed E-state index contributed by atoms with van der Waals surface area (Å²) in [6, 6.07) is 11.6. The standard InChI is InChI=1S/C17H21ClN2O/c1-4-17(2,3)12-5-7-13(8-6-12)21-16-10-9-14(18)15(11-19)20-16/h5-10H,4,11,19H2,1-3H3. The summed E-state index contributed by atoms with van der Waals surface area (Å²) in [4.78, 5) is 4.29. The van der Waals surface area contributed by atoms with Gasteiger partial charge in [0.15, 0.2) is 0 Å². The van der Waals surface area contributed by atoms with Crippen LogP contribution in [0.25, 0.3) is 0 Å². The molecule has 1 aromatic carbocycles. The Morgan fingerprint density at radius 2 is 1.81 bits per heavy atom. The van der Waals surface area contributed by atoms with Gasteiger partial charge in [-0.25, -0.2) is 4.98 Å². The van der Waals surface area contributed by atoms with Gasteiger partial charge in [0.1, 0.15) is 5.75 Å². The minimum absolute atomic E-state index is 0.170. The second-order valence-corrected chi connectivity index (χ2v) is 6.05. The fourth-order valence-corrected chi connectivity index (χ4v) is 2.15. The number of benzene rings is 1. The Bertz CT molecular complexity index is 609. The van der Waals surface area contributed by atoms with Crippen molar-refractivity contribution in [3.8, 4) is 11.6 Å². The Morgan fingerprint density at radius 3 is 2.38 bits per heavy atom. The van der Waals surface area contributed by atoms with Gasteiger partial charge in [0.2, 0.25) is 5.88 Å². The van der Waals surface area contributed by atoms with Crippen LogP contribution in [0.15, 0.2) is 36.4 Å². The zero-order chi connectivity index (χ0) is 15.5. The number of nitrogens with zero attached hydrogens (tertiary/aromatic N) is 1. The van der Waals surface area contributed by atoms with Gasteiger partial charge in [0.25, 0.3) is 0 Å². The third kappa shape index (κ3) is 3.74. The van der Waals surface area contributed by atoms with Crippen molar-refractivity contribution in [1.29, 1.82) is 0 Å². The zero-order valence-electron chi connectivity index (χ0n) is 12.7. The molecule has 0 saturated carbocycles. The van der Waals surface area contributed by atoms with Crippen molar-refractivity contribution in [3.63, 3.8) is 0 Å². The lowest BCUT2D eigenvalue weighted by atomic mass is 9.82. The average molecular weight is 305 g/mol. The Kier molecular flexibility index (Phi) is 4.86. The summed E-state index contributed by atoms with van der Waals surface area (Å²) in [6.45, 7) is 6.95. The lowest BCUT2D eigenvalue weighted by molar-refractivity contribution is 0.458. The first-order chi connectivity index (χ1) is 9.96. The molecule has 1 aromatic heterocycles. The molecule has 0 bridgehead atoms. The SMILES string of the molecule is CCC(C)(C)c1ccc(Oc2ccc(Cl)c(CN)n2)cc1. The first-order valence-electron chi connectivity index (χ1n) is 7.10. The summed E-state index contributed by atoms with van der Waals surface area (Å²) in [7, 11) is 0. The first-order valence-corrected chi connectivity index (χ1v) is 7.48. The van der Waals surface area contributed by atoms with E-state index < -0.39 is 0 Å². The van der Waals surface area contributed by atoms with Gasteiger partial charge in [-0.1, -0.05) is 44.5 Å². The molecule has 0 aliphatic rings. The van der Waals surface area contributed by atoms with E-state index in [0.29, 0.717) is 23.1 Å². The second kappa shape index (κ2) is 6.46. The van der Waals surface area contributed by atoms with Crippen LogP contribution in [0.2, 0.25) is 5.02 Å². The van der Waals surface area contributed by atoms with E-state index in [1.807, 2.05) is 12.1 Å². The summed E-state index contributed by atoms with van der Waals surface area (Å²) in [5.74, 6) is 1.26. The van der Waals surface area contributed by atoms with E-state index in [-0.39, 0.29) is 5.41 Å². The fourth-order valence-electron chi connectivity index (χ4n) is 1.96. The number of halogens is 1. The summed E-state index contributed by atoms with van der Waals surface area (Å²) >= 11 is 5.99. The molecule has 112 valence electrons. The minimum atomic E-state index is 0.170. The molecular formula is C17H21ClN2O. The fraction of sp³-hybridized carbons (Fsp3) is 0.353. The molecule has 0 aliphatic carbocycles. The largest absolute Gasteiger partial charge is 0.439 e. The quantitative estimate of drug-likeness (QED) is 0.873. The van der Waals surface area contributed by atoms with Gasteiger partial charge in [-0.05, 0) is 35.6 Å². The molecular weight excluding hydrogens is 284 g/mol. The molecule has 3 nitrogen and oxygen atoms in total. The van der Waals surface area contributed by atoms with Crippen LogP contribution in [-0.2, 0) is 12.0 Å². The van der Waals surface area contributed by atoms with Crippen LogP contribution in [0.3, 0.4) is 0 Å². The third-order valence-electron chi connectivity index (χ3n) is 3.83. The minimum Gasteiger partial charge on any atom is -0.439 e. The Balaban J connectivity index is 2.17. The first kappa shape index (κ1) is 15.8. The lowest BCUT2D eigenvalue weighted by Gasteiger charge is -2.23. The van der Waals surface area contributed by atoms with Crippen molar-refractivity contribution in [1.82, 2.24) is 4.98 Å². The second-order valence-electron chi connectivity index (χ2n) is 5.65. The van der Waals surface area contributed by atoms with Gasteiger partial charge >= 0.3 is 0 Å². The molecule has 0 amide bonds. The van der Waals surface area contributed by atoms with E-state index in [1.54, 1.807) is 12.1 Å². The number of hydrogen-bond acceptors (Lipinski definition) is 3. The smallest absolute Gasteiger partial charge is 0.219 e. The van der Waals surface area contributed by atoms with Crippen molar-refractivity contribution in [2.24, 2.45) is 5.73 Å². The number of pyridine rings is 1. The van der Waals surface area contributed by atoms with Crippen LogP contribution in [0, 0.1) is 0 Å². The highest BCUT2D eigenvalue weighted by molar-refractivity contribution is 6.31. The van der Waals surface area contributed by atoms with E-state index in [9.17, 15) is 0 Å². The van der Waals surface area contributed by atoms with E-state index in [1.165, 1.54) is 5.56 Å². The average Bonchev–Trinajstić information content (AvgIpc) is 2.49. The number of hydrogen-bond donors (Lipinski definition) is 1. The number of nitrogens with two attached hydrogens (primary N) is 1. The van der Waals surface area contributed by atoms with Crippen LogP contribution in [0.4, 0.5) is 0 Å². The number of ether oxygens (including phenoxy) is 1. The predicted octanol–water partition coefficient (Wildman–Crippen LogP) is 4.67. The van der Waals surface area contributed by atoms with Crippen molar-refractivity contribution >= 4 is 11.6 Å². The van der Waals surface area contributed by atoms with Crippen molar-refractivity contribution < 1.29 is 4.74 Å². The molecule has 0 atom stereocenters. The van der Waals surface area contributed by atoms with E-state index in [0.717, 1.165) is 12.2 Å². The molecule has 0 saturated heterocycles. The Hall–Kier alpha value is -1.58. The molecule has 4 heteroatoms. The summed E-state index contributed by atoms with van der Waals surface area (Å²) in [5.41, 5.74) is 7.70. The molecule has 0 radical (unpaired) electrons. The highest BCUT2D eigenvalue weighted by Crippen LogP contribution is 2.29. The highest BCUT2D eigenvalue weighted by Gasteiger charge is 2.17. The van der Waals surface area contributed by atoms with E-state index >= 15 is 0 Å². The molecule has 0 spiro atoms. The molecule has 2 rings (SSSR count). The molecule has 1 heterocycles. The van der Waals surface area contributed by atoms with Gasteiger partial charge in [0, 0.05) is 12.6 Å². The summed E-state index contributed by atoms with van der Waals surface area (Å²) in [5, 5.41) is 0.560. The van der Waals surface area contributed by atoms with Crippen LogP contribution < -0.4 is 10.5 Å². The third-order valence-corrected chi connectivity index (χ3v) is 4.17.